The van der Waals surface area contributed by atoms with E-state index in [-0.39, 0.29) is 23.8 Å². The van der Waals surface area contributed by atoms with E-state index < -0.39 is 6.10 Å². The van der Waals surface area contributed by atoms with Gasteiger partial charge < -0.3 is 14.7 Å². The molecule has 0 spiro atoms. The molecule has 2 atom stereocenters. The highest BCUT2D eigenvalue weighted by Crippen LogP contribution is 2.52. The lowest BCUT2D eigenvalue weighted by Crippen LogP contribution is -2.37. The Morgan fingerprint density at radius 2 is 2.20 bits per heavy atom. The van der Waals surface area contributed by atoms with Crippen molar-refractivity contribution in [3.8, 4) is 0 Å². The van der Waals surface area contributed by atoms with Crippen molar-refractivity contribution in [2.75, 3.05) is 27.3 Å². The van der Waals surface area contributed by atoms with Gasteiger partial charge in [-0.1, -0.05) is 13.8 Å². The fourth-order valence-corrected chi connectivity index (χ4v) is 1.81. The Hall–Kier alpha value is -0.610. The summed E-state index contributed by atoms with van der Waals surface area (Å²) >= 11 is 0. The Balaban J connectivity index is 2.34. The molecule has 0 aromatic heterocycles. The predicted octanol–water partition coefficient (Wildman–Crippen LogP) is 0.498. The minimum atomic E-state index is -0.592. The van der Waals surface area contributed by atoms with Crippen LogP contribution in [0.1, 0.15) is 20.3 Å². The Morgan fingerprint density at radius 1 is 1.67 bits per heavy atom. The van der Waals surface area contributed by atoms with E-state index in [1.807, 2.05) is 0 Å². The Bertz CT molecular complexity index is 240. The van der Waals surface area contributed by atoms with Crippen LogP contribution in [-0.4, -0.2) is 49.3 Å². The van der Waals surface area contributed by atoms with Crippen LogP contribution in [0.15, 0.2) is 0 Å². The molecule has 88 valence electrons. The molecular formula is C11H21NO3. The number of aliphatic hydroxyl groups is 1. The van der Waals surface area contributed by atoms with Crippen molar-refractivity contribution in [3.63, 3.8) is 0 Å². The monoisotopic (exact) mass is 215 g/mol. The SMILES string of the molecule is COCC(O)CN(C)C(=O)C1CC1(C)C. The van der Waals surface area contributed by atoms with Gasteiger partial charge in [-0.2, -0.15) is 0 Å². The molecule has 0 aromatic carbocycles. The van der Waals surface area contributed by atoms with E-state index in [0.717, 1.165) is 6.42 Å². The van der Waals surface area contributed by atoms with Gasteiger partial charge in [0, 0.05) is 26.6 Å². The first-order valence-corrected chi connectivity index (χ1v) is 5.30. The molecule has 4 heteroatoms. The van der Waals surface area contributed by atoms with Gasteiger partial charge in [-0.05, 0) is 11.8 Å². The van der Waals surface area contributed by atoms with Crippen molar-refractivity contribution >= 4 is 5.91 Å². The topological polar surface area (TPSA) is 49.8 Å². The van der Waals surface area contributed by atoms with E-state index in [1.165, 1.54) is 7.11 Å². The number of hydrogen-bond acceptors (Lipinski definition) is 3. The maximum absolute atomic E-state index is 11.8. The lowest BCUT2D eigenvalue weighted by atomic mass is 10.1. The van der Waals surface area contributed by atoms with E-state index in [1.54, 1.807) is 11.9 Å². The first kappa shape index (κ1) is 12.5. The summed E-state index contributed by atoms with van der Waals surface area (Å²) in [5.41, 5.74) is 0.150. The van der Waals surface area contributed by atoms with Crippen LogP contribution in [0.25, 0.3) is 0 Å². The van der Waals surface area contributed by atoms with Crippen molar-refractivity contribution in [1.29, 1.82) is 0 Å². The molecule has 1 saturated carbocycles. The summed E-state index contributed by atoms with van der Waals surface area (Å²) in [6.45, 7) is 4.80. The number of rotatable bonds is 5. The minimum absolute atomic E-state index is 0.134. The number of methoxy groups -OCH3 is 1. The molecule has 0 aromatic rings. The van der Waals surface area contributed by atoms with Gasteiger partial charge in [-0.25, -0.2) is 0 Å². The molecule has 2 unspecified atom stereocenters. The highest BCUT2D eigenvalue weighted by Gasteiger charge is 2.51. The normalized spacial score (nSPS) is 24.7. The third kappa shape index (κ3) is 3.18. The molecule has 15 heavy (non-hydrogen) atoms. The Labute approximate surface area is 91.2 Å². The second kappa shape index (κ2) is 4.49. The second-order valence-corrected chi connectivity index (χ2v) is 5.07. The molecule has 4 nitrogen and oxygen atoms in total. The minimum Gasteiger partial charge on any atom is -0.389 e. The number of amides is 1. The molecule has 0 bridgehead atoms. The molecule has 0 saturated heterocycles. The molecule has 0 radical (unpaired) electrons. The zero-order valence-electron chi connectivity index (χ0n) is 9.99. The molecule has 1 aliphatic carbocycles. The number of carbonyl (C=O) groups is 1. The quantitative estimate of drug-likeness (QED) is 0.726. The summed E-state index contributed by atoms with van der Waals surface area (Å²) in [7, 11) is 3.27. The highest BCUT2D eigenvalue weighted by molar-refractivity contribution is 5.82. The van der Waals surface area contributed by atoms with E-state index in [0.29, 0.717) is 6.54 Å². The molecule has 1 N–H and O–H groups in total. The standard InChI is InChI=1S/C11H21NO3/c1-11(2)5-9(11)10(14)12(3)6-8(13)7-15-4/h8-9,13H,5-7H2,1-4H3. The molecule has 0 heterocycles. The third-order valence-corrected chi connectivity index (χ3v) is 3.03. The highest BCUT2D eigenvalue weighted by atomic mass is 16.5. The fraction of sp³-hybridized carbons (Fsp3) is 0.909. The van der Waals surface area contributed by atoms with Crippen molar-refractivity contribution in [3.05, 3.63) is 0 Å². The van der Waals surface area contributed by atoms with Crippen LogP contribution in [0.2, 0.25) is 0 Å². The number of nitrogens with zero attached hydrogens (tertiary/aromatic N) is 1. The van der Waals surface area contributed by atoms with Crippen molar-refractivity contribution in [1.82, 2.24) is 4.90 Å². The molecule has 1 aliphatic rings. The van der Waals surface area contributed by atoms with E-state index in [9.17, 15) is 9.90 Å². The van der Waals surface area contributed by atoms with E-state index >= 15 is 0 Å². The van der Waals surface area contributed by atoms with Gasteiger partial charge in [0.1, 0.15) is 0 Å². The summed E-state index contributed by atoms with van der Waals surface area (Å²) in [6, 6.07) is 0. The van der Waals surface area contributed by atoms with Crippen LogP contribution in [-0.2, 0) is 9.53 Å². The van der Waals surface area contributed by atoms with Gasteiger partial charge >= 0.3 is 0 Å². The molecule has 1 fully saturated rings. The first-order chi connectivity index (χ1) is 6.88. The average molecular weight is 215 g/mol. The number of aliphatic hydroxyl groups excluding tert-OH is 1. The van der Waals surface area contributed by atoms with Crippen LogP contribution < -0.4 is 0 Å². The predicted molar refractivity (Wildman–Crippen MR) is 57.4 cm³/mol. The van der Waals surface area contributed by atoms with Gasteiger partial charge in [-0.3, -0.25) is 4.79 Å². The largest absolute Gasteiger partial charge is 0.389 e. The maximum atomic E-state index is 11.8. The zero-order valence-corrected chi connectivity index (χ0v) is 9.99. The van der Waals surface area contributed by atoms with Crippen LogP contribution in [0.5, 0.6) is 0 Å². The van der Waals surface area contributed by atoms with E-state index in [2.05, 4.69) is 13.8 Å². The lowest BCUT2D eigenvalue weighted by Gasteiger charge is -2.21. The number of likely N-dealkylation sites (N-methyl/N-ethyl adjacent to an activating group) is 1. The summed E-state index contributed by atoms with van der Waals surface area (Å²) in [4.78, 5) is 13.4. The number of hydrogen-bond donors (Lipinski definition) is 1. The van der Waals surface area contributed by atoms with E-state index in [4.69, 9.17) is 4.74 Å². The maximum Gasteiger partial charge on any atom is 0.226 e. The zero-order chi connectivity index (χ0) is 11.6. The fourth-order valence-electron chi connectivity index (χ4n) is 1.81. The first-order valence-electron chi connectivity index (χ1n) is 5.30. The van der Waals surface area contributed by atoms with Crippen LogP contribution in [0.3, 0.4) is 0 Å². The Kier molecular flexibility index (Phi) is 3.73. The Morgan fingerprint density at radius 3 is 2.60 bits per heavy atom. The summed E-state index contributed by atoms with van der Waals surface area (Å²) in [6.07, 6.45) is 0.363. The average Bonchev–Trinajstić information content (AvgIpc) is 2.74. The summed E-state index contributed by atoms with van der Waals surface area (Å²) < 4.78 is 4.81. The van der Waals surface area contributed by atoms with Gasteiger partial charge in [-0.15, -0.1) is 0 Å². The van der Waals surface area contributed by atoms with Gasteiger partial charge in [0.15, 0.2) is 0 Å². The van der Waals surface area contributed by atoms with Crippen molar-refractivity contribution in [2.45, 2.75) is 26.4 Å². The third-order valence-electron chi connectivity index (χ3n) is 3.03. The lowest BCUT2D eigenvalue weighted by molar-refractivity contribution is -0.133. The van der Waals surface area contributed by atoms with Gasteiger partial charge in [0.05, 0.1) is 12.7 Å². The number of ether oxygens (including phenoxy) is 1. The van der Waals surface area contributed by atoms with Crippen LogP contribution >= 0.6 is 0 Å². The van der Waals surface area contributed by atoms with Crippen LogP contribution in [0.4, 0.5) is 0 Å². The molecule has 0 aliphatic heterocycles. The van der Waals surface area contributed by atoms with Gasteiger partial charge in [0.25, 0.3) is 0 Å². The smallest absolute Gasteiger partial charge is 0.226 e. The van der Waals surface area contributed by atoms with Crippen molar-refractivity contribution < 1.29 is 14.6 Å². The van der Waals surface area contributed by atoms with Crippen LogP contribution in [0, 0.1) is 11.3 Å². The summed E-state index contributed by atoms with van der Waals surface area (Å²) in [5.74, 6) is 0.271. The van der Waals surface area contributed by atoms with Crippen molar-refractivity contribution in [2.24, 2.45) is 11.3 Å². The second-order valence-electron chi connectivity index (χ2n) is 5.07. The van der Waals surface area contributed by atoms with Gasteiger partial charge in [0.2, 0.25) is 5.91 Å². The molecule has 1 amide bonds. The molecular weight excluding hydrogens is 194 g/mol. The number of carbonyl (C=O) groups excluding carboxylic acids is 1. The summed E-state index contributed by atoms with van der Waals surface area (Å²) in [5, 5.41) is 9.48. The molecule has 1 rings (SSSR count).